The normalized spacial score (nSPS) is 12.8. The van der Waals surface area contributed by atoms with Crippen LogP contribution in [0, 0.1) is 0 Å². The smallest absolute Gasteiger partial charge is 0.338 e. The molecule has 2 aromatic rings. The van der Waals surface area contributed by atoms with Crippen LogP contribution in [0.25, 0.3) is 0 Å². The molecule has 0 radical (unpaired) electrons. The molecule has 0 aliphatic heterocycles. The molecule has 0 saturated heterocycles. The van der Waals surface area contributed by atoms with Gasteiger partial charge in [0, 0.05) is 5.56 Å². The fraction of sp³-hybridized carbons (Fsp3) is 0.381. The lowest BCUT2D eigenvalue weighted by molar-refractivity contribution is -0.896. The number of quaternary nitrogens is 1. The first-order valence-corrected chi connectivity index (χ1v) is 8.84. The van der Waals surface area contributed by atoms with Gasteiger partial charge in [0.15, 0.2) is 11.5 Å². The summed E-state index contributed by atoms with van der Waals surface area (Å²) in [6.45, 7) is 3.46. The Balaban J connectivity index is 2.01. The van der Waals surface area contributed by atoms with Gasteiger partial charge in [0.05, 0.1) is 33.9 Å². The van der Waals surface area contributed by atoms with Gasteiger partial charge in [-0.05, 0) is 19.1 Å². The maximum atomic E-state index is 12.5. The van der Waals surface area contributed by atoms with Gasteiger partial charge in [0.2, 0.25) is 5.75 Å². The summed E-state index contributed by atoms with van der Waals surface area (Å²) in [5.74, 6) is 0.859. The zero-order valence-electron chi connectivity index (χ0n) is 16.6. The minimum Gasteiger partial charge on any atom is -0.493 e. The van der Waals surface area contributed by atoms with Crippen LogP contribution in [0.2, 0.25) is 0 Å². The molecule has 0 saturated carbocycles. The molecule has 0 aromatic heterocycles. The predicted molar refractivity (Wildman–Crippen MR) is 103 cm³/mol. The predicted octanol–water partition coefficient (Wildman–Crippen LogP) is 1.97. The van der Waals surface area contributed by atoms with E-state index in [2.05, 4.69) is 19.2 Å². The lowest BCUT2D eigenvalue weighted by Gasteiger charge is -2.20. The van der Waals surface area contributed by atoms with Crippen molar-refractivity contribution in [2.24, 2.45) is 0 Å². The number of carbonyl (C=O) groups is 1. The largest absolute Gasteiger partial charge is 0.493 e. The molecule has 0 aliphatic carbocycles. The van der Waals surface area contributed by atoms with Crippen LogP contribution in [0.3, 0.4) is 0 Å². The second-order valence-corrected chi connectivity index (χ2v) is 6.45. The number of rotatable bonds is 9. The zero-order valence-corrected chi connectivity index (χ0v) is 16.6. The van der Waals surface area contributed by atoms with Gasteiger partial charge in [-0.1, -0.05) is 30.3 Å². The Morgan fingerprint density at radius 1 is 1.00 bits per heavy atom. The summed E-state index contributed by atoms with van der Waals surface area (Å²) < 4.78 is 21.5. The lowest BCUT2D eigenvalue weighted by atomic mass is 10.1. The highest BCUT2D eigenvalue weighted by molar-refractivity contribution is 5.91. The number of hydrogen-bond donors (Lipinski definition) is 1. The number of nitrogens with one attached hydrogen (secondary N) is 1. The van der Waals surface area contributed by atoms with Gasteiger partial charge in [0.25, 0.3) is 0 Å². The highest BCUT2D eigenvalue weighted by atomic mass is 16.5. The minimum absolute atomic E-state index is 0.236. The number of hydrogen-bond acceptors (Lipinski definition) is 5. The third kappa shape index (κ3) is 5.62. The first-order valence-electron chi connectivity index (χ1n) is 8.84. The van der Waals surface area contributed by atoms with Crippen LogP contribution in [0.5, 0.6) is 17.2 Å². The Hall–Kier alpha value is -2.73. The van der Waals surface area contributed by atoms with E-state index in [-0.39, 0.29) is 6.10 Å². The second kappa shape index (κ2) is 9.83. The van der Waals surface area contributed by atoms with E-state index in [0.717, 1.165) is 6.54 Å². The zero-order chi connectivity index (χ0) is 19.8. The van der Waals surface area contributed by atoms with Gasteiger partial charge in [-0.15, -0.1) is 0 Å². The van der Waals surface area contributed by atoms with Crippen LogP contribution in [0.15, 0.2) is 42.5 Å². The van der Waals surface area contributed by atoms with Crippen LogP contribution in [-0.2, 0) is 11.3 Å². The van der Waals surface area contributed by atoms with Gasteiger partial charge in [-0.2, -0.15) is 0 Å². The van der Waals surface area contributed by atoms with E-state index >= 15 is 0 Å². The average Bonchev–Trinajstić information content (AvgIpc) is 2.67. The van der Waals surface area contributed by atoms with Crippen LogP contribution in [0.4, 0.5) is 0 Å². The van der Waals surface area contributed by atoms with E-state index in [1.165, 1.54) is 31.8 Å². The molecule has 0 heterocycles. The molecule has 0 amide bonds. The molecule has 6 nitrogen and oxygen atoms in total. The molecule has 1 unspecified atom stereocenters. The molecule has 2 aromatic carbocycles. The van der Waals surface area contributed by atoms with Gasteiger partial charge in [0.1, 0.15) is 19.2 Å². The summed E-state index contributed by atoms with van der Waals surface area (Å²) >= 11 is 0. The van der Waals surface area contributed by atoms with Crippen molar-refractivity contribution in [1.82, 2.24) is 0 Å². The first kappa shape index (κ1) is 20.6. The Morgan fingerprint density at radius 3 is 2.11 bits per heavy atom. The monoisotopic (exact) mass is 374 g/mol. The standard InChI is InChI=1S/C21H27NO5/c1-15(13-22(2)14-16-9-7-6-8-10-16)27-21(23)17-11-18(24-3)20(26-5)19(12-17)25-4/h6-12,15H,13-14H2,1-5H3/p+1/t15-/m0/s1. The van der Waals surface area contributed by atoms with E-state index < -0.39 is 5.97 Å². The number of methoxy groups -OCH3 is 3. The molecule has 146 valence electrons. The van der Waals surface area contributed by atoms with Crippen molar-refractivity contribution in [3.63, 3.8) is 0 Å². The van der Waals surface area contributed by atoms with E-state index in [4.69, 9.17) is 18.9 Å². The summed E-state index contributed by atoms with van der Waals surface area (Å²) in [6, 6.07) is 13.4. The molecule has 0 aliphatic rings. The van der Waals surface area contributed by atoms with Crippen molar-refractivity contribution in [1.29, 1.82) is 0 Å². The molecule has 0 spiro atoms. The fourth-order valence-corrected chi connectivity index (χ4v) is 3.00. The molecule has 0 fully saturated rings. The molecule has 0 bridgehead atoms. The van der Waals surface area contributed by atoms with Gasteiger partial charge >= 0.3 is 5.97 Å². The molecule has 2 atom stereocenters. The Bertz CT molecular complexity index is 722. The van der Waals surface area contributed by atoms with Gasteiger partial charge in [-0.3, -0.25) is 0 Å². The molecule has 2 rings (SSSR count). The van der Waals surface area contributed by atoms with Gasteiger partial charge in [-0.25, -0.2) is 4.79 Å². The minimum atomic E-state index is -0.422. The lowest BCUT2D eigenvalue weighted by Crippen LogP contribution is -3.08. The van der Waals surface area contributed by atoms with E-state index in [9.17, 15) is 4.79 Å². The number of benzene rings is 2. The molecule has 1 N–H and O–H groups in total. The van der Waals surface area contributed by atoms with E-state index in [1.54, 1.807) is 12.1 Å². The van der Waals surface area contributed by atoms with Gasteiger partial charge < -0.3 is 23.8 Å². The Kier molecular flexibility index (Phi) is 7.49. The third-order valence-electron chi connectivity index (χ3n) is 4.19. The van der Waals surface area contributed by atoms with E-state index in [1.807, 2.05) is 25.1 Å². The quantitative estimate of drug-likeness (QED) is 0.680. The highest BCUT2D eigenvalue weighted by Crippen LogP contribution is 2.38. The van der Waals surface area contributed by atoms with Crippen LogP contribution in [-0.4, -0.2) is 47.0 Å². The second-order valence-electron chi connectivity index (χ2n) is 6.45. The molecule has 6 heteroatoms. The van der Waals surface area contributed by atoms with Crippen molar-refractivity contribution in [3.05, 3.63) is 53.6 Å². The summed E-state index contributed by atoms with van der Waals surface area (Å²) in [7, 11) is 6.62. The fourth-order valence-electron chi connectivity index (χ4n) is 3.00. The van der Waals surface area contributed by atoms with Crippen molar-refractivity contribution in [2.45, 2.75) is 19.6 Å². The highest BCUT2D eigenvalue weighted by Gasteiger charge is 2.20. The maximum Gasteiger partial charge on any atom is 0.338 e. The Labute approximate surface area is 160 Å². The topological polar surface area (TPSA) is 58.4 Å². The first-order chi connectivity index (χ1) is 13.0. The number of likely N-dealkylation sites (N-methyl/N-ethyl adjacent to an activating group) is 1. The van der Waals surface area contributed by atoms with Crippen LogP contribution < -0.4 is 19.1 Å². The SMILES string of the molecule is COc1cc(C(=O)O[C@@H](C)C[NH+](C)Cc2ccccc2)cc(OC)c1OC. The summed E-state index contributed by atoms with van der Waals surface area (Å²) in [6.07, 6.45) is -0.236. The van der Waals surface area contributed by atoms with Crippen molar-refractivity contribution in [3.8, 4) is 17.2 Å². The number of esters is 1. The summed E-state index contributed by atoms with van der Waals surface area (Å²) in [5.41, 5.74) is 1.61. The third-order valence-corrected chi connectivity index (χ3v) is 4.19. The van der Waals surface area contributed by atoms with Crippen molar-refractivity contribution < 1.29 is 28.6 Å². The van der Waals surface area contributed by atoms with Crippen LogP contribution in [0.1, 0.15) is 22.8 Å². The molecule has 27 heavy (non-hydrogen) atoms. The molecular weight excluding hydrogens is 346 g/mol. The summed E-state index contributed by atoms with van der Waals surface area (Å²) in [4.78, 5) is 13.8. The summed E-state index contributed by atoms with van der Waals surface area (Å²) in [5, 5.41) is 0. The van der Waals surface area contributed by atoms with Crippen molar-refractivity contribution >= 4 is 5.97 Å². The van der Waals surface area contributed by atoms with Crippen molar-refractivity contribution in [2.75, 3.05) is 34.9 Å². The maximum absolute atomic E-state index is 12.5. The average molecular weight is 374 g/mol. The van der Waals surface area contributed by atoms with E-state index in [0.29, 0.717) is 29.4 Å². The van der Waals surface area contributed by atoms with Crippen LogP contribution >= 0.6 is 0 Å². The Morgan fingerprint density at radius 2 is 1.59 bits per heavy atom. The number of carbonyl (C=O) groups excluding carboxylic acids is 1. The molecular formula is C21H28NO5+. The number of ether oxygens (including phenoxy) is 4.